The van der Waals surface area contributed by atoms with Crippen LogP contribution < -0.4 is 4.74 Å². The maximum absolute atomic E-state index is 9.69. The lowest BCUT2D eigenvalue weighted by molar-refractivity contribution is 0.414. The molecule has 3 heteroatoms. The number of methoxy groups -OCH3 is 1. The van der Waals surface area contributed by atoms with Gasteiger partial charge in [-0.15, -0.1) is 4.99 Å². The normalized spacial score (nSPS) is 8.07. The first-order valence-electron chi connectivity index (χ1n) is 4.04. The molecule has 1 aromatic rings. The Balaban J connectivity index is 2.61. The Morgan fingerprint density at radius 1 is 1.36 bits per heavy atom. The maximum atomic E-state index is 9.69. The Hall–Kier alpha value is -2.04. The summed E-state index contributed by atoms with van der Waals surface area (Å²) in [5.74, 6) is 3.53. The lowest BCUT2D eigenvalue weighted by atomic mass is 10.1. The number of rotatable bonds is 2. The van der Waals surface area contributed by atoms with Crippen LogP contribution in [-0.4, -0.2) is 13.2 Å². The lowest BCUT2D eigenvalue weighted by Crippen LogP contribution is -1.84. The van der Waals surface area contributed by atoms with Gasteiger partial charge in [0.25, 0.3) is 0 Å². The molecule has 0 spiro atoms. The van der Waals surface area contributed by atoms with E-state index >= 15 is 0 Å². The SMILES string of the molecule is COc1ccc(CC#CN=C=O)cc1. The molecule has 1 rings (SSSR count). The van der Waals surface area contributed by atoms with E-state index in [2.05, 4.69) is 17.0 Å². The molecule has 0 radical (unpaired) electrons. The van der Waals surface area contributed by atoms with Crippen LogP contribution in [0.3, 0.4) is 0 Å². The quantitative estimate of drug-likeness (QED) is 0.400. The number of ether oxygens (including phenoxy) is 1. The molecule has 0 amide bonds. The van der Waals surface area contributed by atoms with Crippen molar-refractivity contribution in [2.45, 2.75) is 6.42 Å². The molecule has 0 heterocycles. The van der Waals surface area contributed by atoms with Crippen LogP contribution in [0.1, 0.15) is 5.56 Å². The van der Waals surface area contributed by atoms with Crippen molar-refractivity contribution in [3.05, 3.63) is 29.8 Å². The van der Waals surface area contributed by atoms with E-state index in [-0.39, 0.29) is 0 Å². The maximum Gasteiger partial charge on any atom is 0.249 e. The van der Waals surface area contributed by atoms with E-state index in [1.165, 1.54) is 6.08 Å². The van der Waals surface area contributed by atoms with Crippen LogP contribution in [0.5, 0.6) is 5.75 Å². The molecule has 70 valence electrons. The van der Waals surface area contributed by atoms with Crippen molar-refractivity contribution in [2.75, 3.05) is 7.11 Å². The molecule has 0 fully saturated rings. The van der Waals surface area contributed by atoms with Crippen molar-refractivity contribution in [3.8, 4) is 17.7 Å². The molecule has 0 atom stereocenters. The van der Waals surface area contributed by atoms with Crippen LogP contribution in [0, 0.1) is 12.0 Å². The molecule has 0 saturated carbocycles. The summed E-state index contributed by atoms with van der Waals surface area (Å²) in [6.45, 7) is 0. The summed E-state index contributed by atoms with van der Waals surface area (Å²) in [6, 6.07) is 9.88. The Bertz CT molecular complexity index is 392. The van der Waals surface area contributed by atoms with Gasteiger partial charge in [0.2, 0.25) is 6.08 Å². The first-order valence-corrected chi connectivity index (χ1v) is 4.04. The van der Waals surface area contributed by atoms with E-state index in [0.717, 1.165) is 11.3 Å². The second kappa shape index (κ2) is 5.58. The van der Waals surface area contributed by atoms with Gasteiger partial charge >= 0.3 is 0 Å². The van der Waals surface area contributed by atoms with Crippen molar-refractivity contribution in [1.29, 1.82) is 0 Å². The highest BCUT2D eigenvalue weighted by atomic mass is 16.5. The zero-order valence-electron chi connectivity index (χ0n) is 7.78. The lowest BCUT2D eigenvalue weighted by Gasteiger charge is -1.99. The van der Waals surface area contributed by atoms with E-state index in [0.29, 0.717) is 6.42 Å². The number of hydrogen-bond acceptors (Lipinski definition) is 3. The molecular formula is C11H9NO2. The molecular weight excluding hydrogens is 178 g/mol. The largest absolute Gasteiger partial charge is 0.497 e. The summed E-state index contributed by atoms with van der Waals surface area (Å²) in [5.41, 5.74) is 1.05. The van der Waals surface area contributed by atoms with Crippen LogP contribution in [0.4, 0.5) is 0 Å². The Morgan fingerprint density at radius 2 is 2.07 bits per heavy atom. The minimum Gasteiger partial charge on any atom is -0.497 e. The minimum atomic E-state index is 0.565. The predicted octanol–water partition coefficient (Wildman–Crippen LogP) is 1.53. The fourth-order valence-corrected chi connectivity index (χ4v) is 0.947. The Morgan fingerprint density at radius 3 is 2.64 bits per heavy atom. The third-order valence-electron chi connectivity index (χ3n) is 1.63. The van der Waals surface area contributed by atoms with E-state index < -0.39 is 0 Å². The van der Waals surface area contributed by atoms with Crippen molar-refractivity contribution in [3.63, 3.8) is 0 Å². The van der Waals surface area contributed by atoms with Crippen LogP contribution in [-0.2, 0) is 11.2 Å². The number of isocyanates is 1. The monoisotopic (exact) mass is 187 g/mol. The molecule has 1 aromatic carbocycles. The second-order valence-corrected chi connectivity index (χ2v) is 2.52. The number of benzene rings is 1. The van der Waals surface area contributed by atoms with Crippen LogP contribution in [0.2, 0.25) is 0 Å². The summed E-state index contributed by atoms with van der Waals surface area (Å²) < 4.78 is 5.01. The van der Waals surface area contributed by atoms with Crippen molar-refractivity contribution >= 4 is 6.08 Å². The van der Waals surface area contributed by atoms with Gasteiger partial charge in [0.05, 0.1) is 7.11 Å². The summed E-state index contributed by atoms with van der Waals surface area (Å²) >= 11 is 0. The average Bonchev–Trinajstić information content (AvgIpc) is 2.25. The number of hydrogen-bond donors (Lipinski definition) is 0. The average molecular weight is 187 g/mol. The van der Waals surface area contributed by atoms with Crippen LogP contribution in [0.25, 0.3) is 0 Å². The fourth-order valence-electron chi connectivity index (χ4n) is 0.947. The molecule has 14 heavy (non-hydrogen) atoms. The minimum absolute atomic E-state index is 0.565. The summed E-state index contributed by atoms with van der Waals surface area (Å²) in [7, 11) is 1.62. The van der Waals surface area contributed by atoms with Crippen LogP contribution >= 0.6 is 0 Å². The molecule has 0 aromatic heterocycles. The molecule has 0 aliphatic heterocycles. The van der Waals surface area contributed by atoms with E-state index in [1.807, 2.05) is 24.3 Å². The third kappa shape index (κ3) is 3.14. The van der Waals surface area contributed by atoms with E-state index in [9.17, 15) is 4.79 Å². The predicted molar refractivity (Wildman–Crippen MR) is 52.6 cm³/mol. The molecule has 3 nitrogen and oxygen atoms in total. The Labute approximate surface area is 82.4 Å². The van der Waals surface area contributed by atoms with Gasteiger partial charge in [0.15, 0.2) is 0 Å². The molecule has 0 N–H and O–H groups in total. The molecule has 0 aliphatic carbocycles. The van der Waals surface area contributed by atoms with E-state index in [4.69, 9.17) is 4.74 Å². The van der Waals surface area contributed by atoms with Crippen molar-refractivity contribution in [2.24, 2.45) is 4.99 Å². The topological polar surface area (TPSA) is 38.7 Å². The molecule has 0 unspecified atom stereocenters. The number of carbonyl (C=O) groups excluding carboxylic acids is 1. The molecule has 0 saturated heterocycles. The summed E-state index contributed by atoms with van der Waals surface area (Å²) in [4.78, 5) is 12.8. The number of nitrogens with zero attached hydrogens (tertiary/aromatic N) is 1. The van der Waals surface area contributed by atoms with Gasteiger partial charge in [-0.1, -0.05) is 18.1 Å². The standard InChI is InChI=1S/C11H9NO2/c1-14-11-6-4-10(5-7-11)3-2-8-12-9-13/h4-7H,3H2,1H3. The van der Waals surface area contributed by atoms with Gasteiger partial charge in [-0.2, -0.15) is 0 Å². The van der Waals surface area contributed by atoms with Gasteiger partial charge in [0, 0.05) is 12.5 Å². The summed E-state index contributed by atoms with van der Waals surface area (Å²) in [5, 5.41) is 0. The van der Waals surface area contributed by atoms with E-state index in [1.54, 1.807) is 7.11 Å². The van der Waals surface area contributed by atoms with Gasteiger partial charge < -0.3 is 4.74 Å². The third-order valence-corrected chi connectivity index (χ3v) is 1.63. The smallest absolute Gasteiger partial charge is 0.249 e. The highest BCUT2D eigenvalue weighted by Crippen LogP contribution is 2.11. The molecule has 0 aliphatic rings. The zero-order valence-corrected chi connectivity index (χ0v) is 7.78. The highest BCUT2D eigenvalue weighted by Gasteiger charge is 1.91. The van der Waals surface area contributed by atoms with Gasteiger partial charge in [0.1, 0.15) is 5.75 Å². The van der Waals surface area contributed by atoms with Crippen molar-refractivity contribution < 1.29 is 9.53 Å². The number of aliphatic imine (C=N–C) groups is 1. The first-order chi connectivity index (χ1) is 6.86. The zero-order chi connectivity index (χ0) is 10.2. The Kier molecular flexibility index (Phi) is 4.00. The van der Waals surface area contributed by atoms with Crippen molar-refractivity contribution in [1.82, 2.24) is 0 Å². The van der Waals surface area contributed by atoms with Gasteiger partial charge in [-0.3, -0.25) is 0 Å². The van der Waals surface area contributed by atoms with Gasteiger partial charge in [-0.25, -0.2) is 4.79 Å². The van der Waals surface area contributed by atoms with Gasteiger partial charge in [-0.05, 0) is 17.7 Å². The van der Waals surface area contributed by atoms with Crippen LogP contribution in [0.15, 0.2) is 29.3 Å². The summed E-state index contributed by atoms with van der Waals surface area (Å²) in [6.07, 6.45) is 1.92. The first kappa shape index (κ1) is 10.0. The second-order valence-electron chi connectivity index (χ2n) is 2.52. The molecule has 0 bridgehead atoms. The fraction of sp³-hybridized carbons (Fsp3) is 0.182. The highest BCUT2D eigenvalue weighted by molar-refractivity contribution is 5.37.